The number of rotatable bonds is 6. The highest BCUT2D eigenvalue weighted by Gasteiger charge is 2.37. The van der Waals surface area contributed by atoms with Crippen LogP contribution in [-0.2, 0) is 4.79 Å². The summed E-state index contributed by atoms with van der Waals surface area (Å²) < 4.78 is 2.11. The van der Waals surface area contributed by atoms with Crippen molar-refractivity contribution in [1.29, 1.82) is 0 Å². The number of amides is 1. The molecule has 0 aromatic carbocycles. The van der Waals surface area contributed by atoms with E-state index in [1.165, 1.54) is 36.5 Å². The molecule has 1 saturated heterocycles. The van der Waals surface area contributed by atoms with E-state index < -0.39 is 0 Å². The van der Waals surface area contributed by atoms with Gasteiger partial charge in [0.05, 0.1) is 61.4 Å². The Hall–Kier alpha value is -0.290. The van der Waals surface area contributed by atoms with Crippen LogP contribution in [0.4, 0.5) is 0 Å². The largest absolute Gasteiger partial charge is 1.00 e. The monoisotopic (exact) mass is 383 g/mol. The molecule has 1 aliphatic heterocycles. The summed E-state index contributed by atoms with van der Waals surface area (Å²) in [5, 5.41) is 2.72. The van der Waals surface area contributed by atoms with Crippen LogP contribution in [0.25, 0.3) is 0 Å². The van der Waals surface area contributed by atoms with Gasteiger partial charge >= 0.3 is 0 Å². The first-order valence-electron chi connectivity index (χ1n) is 8.57. The molecule has 1 fully saturated rings. The second-order valence-corrected chi connectivity index (χ2v) is 8.15. The summed E-state index contributed by atoms with van der Waals surface area (Å²) in [7, 11) is 11.0. The molecule has 0 radical (unpaired) electrons. The van der Waals surface area contributed by atoms with Crippen LogP contribution in [0.3, 0.4) is 0 Å². The summed E-state index contributed by atoms with van der Waals surface area (Å²) in [6.07, 6.45) is 4.04. The molecule has 0 saturated carbocycles. The van der Waals surface area contributed by atoms with E-state index in [9.17, 15) is 4.79 Å². The second kappa shape index (κ2) is 13.0. The van der Waals surface area contributed by atoms with Crippen LogP contribution in [0, 0.1) is 11.8 Å². The fourth-order valence-corrected chi connectivity index (χ4v) is 3.15. The zero-order valence-electron chi connectivity index (χ0n) is 16.7. The van der Waals surface area contributed by atoms with E-state index in [0.717, 1.165) is 22.9 Å². The van der Waals surface area contributed by atoms with E-state index in [0.29, 0.717) is 6.54 Å². The topological polar surface area (TPSA) is 29.1 Å². The molecule has 6 heteroatoms. The normalized spacial score (nSPS) is 21.5. The Balaban J connectivity index is -0.000000339. The number of likely N-dealkylation sites (N-methyl/N-ethyl adjacent to an activating group) is 1. The molecule has 1 amide bonds. The van der Waals surface area contributed by atoms with Crippen molar-refractivity contribution in [1.82, 2.24) is 5.32 Å². The van der Waals surface area contributed by atoms with Crippen molar-refractivity contribution in [3.63, 3.8) is 0 Å². The molecule has 4 nitrogen and oxygen atoms in total. The summed E-state index contributed by atoms with van der Waals surface area (Å²) in [5.74, 6) is 1.89. The molecule has 1 aliphatic rings. The van der Waals surface area contributed by atoms with Crippen LogP contribution in [0.2, 0.25) is 0 Å². The molecule has 0 bridgehead atoms. The molecular weight excluding hydrogens is 345 g/mol. The van der Waals surface area contributed by atoms with Crippen LogP contribution in [-0.4, -0.2) is 76.3 Å². The van der Waals surface area contributed by atoms with Gasteiger partial charge in [0.15, 0.2) is 0 Å². The van der Waals surface area contributed by atoms with Crippen molar-refractivity contribution in [2.75, 3.05) is 61.4 Å². The highest BCUT2D eigenvalue weighted by molar-refractivity contribution is 5.86. The van der Waals surface area contributed by atoms with Gasteiger partial charge in [-0.05, 0) is 18.9 Å². The van der Waals surface area contributed by atoms with Crippen molar-refractivity contribution in [3.8, 4) is 0 Å². The quantitative estimate of drug-likeness (QED) is 0.369. The Bertz CT molecular complexity index is 341. The van der Waals surface area contributed by atoms with Crippen LogP contribution in [0.5, 0.6) is 0 Å². The van der Waals surface area contributed by atoms with Crippen molar-refractivity contribution in [2.45, 2.75) is 26.7 Å². The SMILES string of the molecule is C=CC(=O)NCC[N+](C)(C)C.CCC1C[N+](C)(C)CC1CC.[Cl-].[Cl-]. The predicted molar refractivity (Wildman–Crippen MR) is 95.5 cm³/mol. The third kappa shape index (κ3) is 13.1. The lowest BCUT2D eigenvalue weighted by molar-refractivity contribution is -0.880. The minimum Gasteiger partial charge on any atom is -1.00 e. The van der Waals surface area contributed by atoms with E-state index in [1.54, 1.807) is 0 Å². The standard InChI is InChI=1S/C10H22N.C8H16N2O.2ClH/c1-5-9-7-11(3,4)8-10(9)6-2;1-5-8(11)9-6-7-10(2,3)4;;/h9-10H,5-8H2,1-4H3;5H,1,6-7H2,2-4H3;2*1H/q+1;;;/p-1. The number of nitrogens with one attached hydrogen (secondary N) is 1. The lowest BCUT2D eigenvalue weighted by Gasteiger charge is -2.23. The zero-order valence-corrected chi connectivity index (χ0v) is 18.3. The Morgan fingerprint density at radius 3 is 1.83 bits per heavy atom. The molecule has 0 aromatic rings. The van der Waals surface area contributed by atoms with Crippen molar-refractivity contribution in [3.05, 3.63) is 12.7 Å². The number of nitrogens with zero attached hydrogens (tertiary/aromatic N) is 2. The van der Waals surface area contributed by atoms with Gasteiger partial charge in [-0.25, -0.2) is 0 Å². The third-order valence-corrected chi connectivity index (χ3v) is 4.44. The Morgan fingerprint density at radius 2 is 1.54 bits per heavy atom. The number of hydrogen-bond donors (Lipinski definition) is 1. The first-order valence-corrected chi connectivity index (χ1v) is 8.57. The lowest BCUT2D eigenvalue weighted by Crippen LogP contribution is -3.00. The van der Waals surface area contributed by atoms with Gasteiger partial charge in [0.2, 0.25) is 5.91 Å². The molecular formula is C18H39Cl2N3O. The molecule has 2 atom stereocenters. The number of hydrogen-bond acceptors (Lipinski definition) is 1. The number of carbonyl (C=O) groups excluding carboxylic acids is 1. The van der Waals surface area contributed by atoms with Gasteiger partial charge in [-0.3, -0.25) is 4.79 Å². The first kappa shape index (κ1) is 28.5. The van der Waals surface area contributed by atoms with Crippen LogP contribution < -0.4 is 30.1 Å². The molecule has 146 valence electrons. The smallest absolute Gasteiger partial charge is 0.243 e. The van der Waals surface area contributed by atoms with Gasteiger partial charge in [0, 0.05) is 11.8 Å². The number of carbonyl (C=O) groups is 1. The number of quaternary nitrogens is 2. The Labute approximate surface area is 162 Å². The van der Waals surface area contributed by atoms with Gasteiger partial charge in [-0.15, -0.1) is 0 Å². The third-order valence-electron chi connectivity index (χ3n) is 4.44. The summed E-state index contributed by atoms with van der Waals surface area (Å²) >= 11 is 0. The average Bonchev–Trinajstić information content (AvgIpc) is 2.72. The molecule has 0 spiro atoms. The molecule has 0 aliphatic carbocycles. The summed E-state index contributed by atoms with van der Waals surface area (Å²) in [4.78, 5) is 10.7. The van der Waals surface area contributed by atoms with Crippen molar-refractivity contribution >= 4 is 5.91 Å². The molecule has 1 rings (SSSR count). The molecule has 1 heterocycles. The molecule has 1 N–H and O–H groups in total. The minimum atomic E-state index is -0.0987. The highest BCUT2D eigenvalue weighted by atomic mass is 35.5. The lowest BCUT2D eigenvalue weighted by atomic mass is 9.92. The number of halogens is 2. The second-order valence-electron chi connectivity index (χ2n) is 8.15. The summed E-state index contributed by atoms with van der Waals surface area (Å²) in [5.41, 5.74) is 0. The fraction of sp³-hybridized carbons (Fsp3) is 0.833. The summed E-state index contributed by atoms with van der Waals surface area (Å²) in [6.45, 7) is 12.5. The molecule has 0 aromatic heterocycles. The summed E-state index contributed by atoms with van der Waals surface area (Å²) in [6, 6.07) is 0. The van der Waals surface area contributed by atoms with Crippen molar-refractivity contribution < 1.29 is 38.6 Å². The Kier molecular flexibility index (Phi) is 15.4. The average molecular weight is 384 g/mol. The van der Waals surface area contributed by atoms with Gasteiger partial charge in [-0.1, -0.05) is 20.4 Å². The van der Waals surface area contributed by atoms with E-state index in [4.69, 9.17) is 0 Å². The van der Waals surface area contributed by atoms with E-state index in [-0.39, 0.29) is 30.7 Å². The van der Waals surface area contributed by atoms with Gasteiger partial charge in [0.1, 0.15) is 0 Å². The maximum absolute atomic E-state index is 10.7. The van der Waals surface area contributed by atoms with Gasteiger partial charge < -0.3 is 39.1 Å². The van der Waals surface area contributed by atoms with Gasteiger partial charge in [-0.2, -0.15) is 0 Å². The highest BCUT2D eigenvalue weighted by Crippen LogP contribution is 2.30. The van der Waals surface area contributed by atoms with Crippen molar-refractivity contribution in [2.24, 2.45) is 11.8 Å². The predicted octanol–water partition coefficient (Wildman–Crippen LogP) is -3.87. The number of likely N-dealkylation sites (tertiary alicyclic amines) is 1. The van der Waals surface area contributed by atoms with Gasteiger partial charge in [0.25, 0.3) is 0 Å². The van der Waals surface area contributed by atoms with E-state index in [2.05, 4.69) is 61.0 Å². The van der Waals surface area contributed by atoms with E-state index in [1.807, 2.05) is 0 Å². The van der Waals surface area contributed by atoms with Crippen LogP contribution >= 0.6 is 0 Å². The van der Waals surface area contributed by atoms with Crippen LogP contribution in [0.15, 0.2) is 12.7 Å². The molecule has 24 heavy (non-hydrogen) atoms. The maximum Gasteiger partial charge on any atom is 0.243 e. The first-order chi connectivity index (χ1) is 10.0. The molecule has 2 unspecified atom stereocenters. The van der Waals surface area contributed by atoms with E-state index >= 15 is 0 Å². The van der Waals surface area contributed by atoms with Crippen LogP contribution in [0.1, 0.15) is 26.7 Å². The Morgan fingerprint density at radius 1 is 1.12 bits per heavy atom. The minimum absolute atomic E-state index is 0. The maximum atomic E-state index is 10.7. The fourth-order valence-electron chi connectivity index (χ4n) is 3.15. The zero-order chi connectivity index (χ0) is 17.4.